The molecule has 0 fully saturated rings. The van der Waals surface area contributed by atoms with Crippen molar-refractivity contribution in [2.24, 2.45) is 0 Å². The summed E-state index contributed by atoms with van der Waals surface area (Å²) < 4.78 is 0. The van der Waals surface area contributed by atoms with Gasteiger partial charge < -0.3 is 10.2 Å². The van der Waals surface area contributed by atoms with E-state index in [2.05, 4.69) is 16.9 Å². The van der Waals surface area contributed by atoms with Crippen LogP contribution in [0.5, 0.6) is 11.5 Å². The normalized spacial score (nSPS) is 10.8. The molecule has 1 heterocycles. The monoisotopic (exact) mass is 300 g/mol. The van der Waals surface area contributed by atoms with Crippen molar-refractivity contribution in [3.05, 3.63) is 36.4 Å². The maximum atomic E-state index is 10.2. The van der Waals surface area contributed by atoms with Crippen LogP contribution in [0.3, 0.4) is 0 Å². The summed E-state index contributed by atoms with van der Waals surface area (Å²) in [4.78, 5) is 7.91. The van der Waals surface area contributed by atoms with Gasteiger partial charge in [-0.1, -0.05) is 39.0 Å². The van der Waals surface area contributed by atoms with Gasteiger partial charge in [-0.05, 0) is 30.5 Å². The first-order valence-corrected chi connectivity index (χ1v) is 8.02. The summed E-state index contributed by atoms with van der Waals surface area (Å²) in [5.74, 6) is 0.292. The van der Waals surface area contributed by atoms with E-state index in [1.807, 2.05) is 0 Å². The van der Waals surface area contributed by atoms with Gasteiger partial charge in [0.2, 0.25) is 0 Å². The number of unbranched alkanes of at least 4 members (excludes halogenated alkanes) is 5. The molecule has 2 aromatic rings. The number of nitrogens with zero attached hydrogens (tertiary/aromatic N) is 2. The third-order valence-corrected chi connectivity index (χ3v) is 3.88. The summed E-state index contributed by atoms with van der Waals surface area (Å²) in [6, 6.07) is 3.34. The number of aromatic nitrogens is 2. The van der Waals surface area contributed by atoms with E-state index in [1.165, 1.54) is 32.0 Å². The molecule has 4 nitrogen and oxygen atoms in total. The molecule has 4 heteroatoms. The van der Waals surface area contributed by atoms with Crippen molar-refractivity contribution in [1.82, 2.24) is 9.97 Å². The third kappa shape index (κ3) is 4.45. The van der Waals surface area contributed by atoms with Crippen LogP contribution in [0, 0.1) is 0 Å². The van der Waals surface area contributed by atoms with Crippen LogP contribution in [-0.4, -0.2) is 20.2 Å². The first-order valence-electron chi connectivity index (χ1n) is 8.02. The van der Waals surface area contributed by atoms with E-state index in [-0.39, 0.29) is 11.5 Å². The molecule has 1 aromatic carbocycles. The SMILES string of the molecule is CCCCCCCCc1c(O)cc(-c2cncnc2)cc1O. The van der Waals surface area contributed by atoms with Crippen LogP contribution in [-0.2, 0) is 6.42 Å². The van der Waals surface area contributed by atoms with Crippen molar-refractivity contribution in [3.8, 4) is 22.6 Å². The Hall–Kier alpha value is -2.10. The summed E-state index contributed by atoms with van der Waals surface area (Å²) in [6.45, 7) is 2.20. The van der Waals surface area contributed by atoms with Crippen LogP contribution in [0.4, 0.5) is 0 Å². The Morgan fingerprint density at radius 2 is 1.41 bits per heavy atom. The van der Waals surface area contributed by atoms with Gasteiger partial charge in [-0.25, -0.2) is 9.97 Å². The molecule has 0 unspecified atom stereocenters. The fraction of sp³-hybridized carbons (Fsp3) is 0.444. The average Bonchev–Trinajstić information content (AvgIpc) is 2.53. The molecule has 0 bridgehead atoms. The molecule has 2 rings (SSSR count). The van der Waals surface area contributed by atoms with E-state index in [4.69, 9.17) is 0 Å². The molecular formula is C18H24N2O2. The zero-order valence-corrected chi connectivity index (χ0v) is 13.1. The van der Waals surface area contributed by atoms with Gasteiger partial charge in [0, 0.05) is 23.5 Å². The topological polar surface area (TPSA) is 66.2 Å². The summed E-state index contributed by atoms with van der Waals surface area (Å²) in [6.07, 6.45) is 12.6. The Morgan fingerprint density at radius 1 is 0.818 bits per heavy atom. The van der Waals surface area contributed by atoms with Crippen LogP contribution >= 0.6 is 0 Å². The van der Waals surface area contributed by atoms with E-state index < -0.39 is 0 Å². The zero-order chi connectivity index (χ0) is 15.8. The van der Waals surface area contributed by atoms with Gasteiger partial charge in [0.15, 0.2) is 0 Å². The second-order valence-corrected chi connectivity index (χ2v) is 5.64. The second kappa shape index (κ2) is 8.37. The second-order valence-electron chi connectivity index (χ2n) is 5.64. The van der Waals surface area contributed by atoms with E-state index >= 15 is 0 Å². The number of benzene rings is 1. The molecule has 0 aliphatic carbocycles. The minimum Gasteiger partial charge on any atom is -0.508 e. The Morgan fingerprint density at radius 3 is 2.05 bits per heavy atom. The number of phenols is 2. The maximum absolute atomic E-state index is 10.2. The minimum absolute atomic E-state index is 0.146. The fourth-order valence-electron chi connectivity index (χ4n) is 2.59. The van der Waals surface area contributed by atoms with Crippen molar-refractivity contribution in [2.45, 2.75) is 51.9 Å². The molecule has 0 saturated carbocycles. The largest absolute Gasteiger partial charge is 0.508 e. The Bertz CT molecular complexity index is 562. The molecule has 0 spiro atoms. The molecule has 0 atom stereocenters. The lowest BCUT2D eigenvalue weighted by Crippen LogP contribution is -1.90. The fourth-order valence-corrected chi connectivity index (χ4v) is 2.59. The molecule has 0 aliphatic heterocycles. The highest BCUT2D eigenvalue weighted by Gasteiger charge is 2.11. The molecule has 0 radical (unpaired) electrons. The van der Waals surface area contributed by atoms with Crippen molar-refractivity contribution >= 4 is 0 Å². The van der Waals surface area contributed by atoms with Crippen molar-refractivity contribution in [3.63, 3.8) is 0 Å². The first kappa shape index (κ1) is 16.3. The van der Waals surface area contributed by atoms with Crippen molar-refractivity contribution in [2.75, 3.05) is 0 Å². The van der Waals surface area contributed by atoms with Gasteiger partial charge in [-0.2, -0.15) is 0 Å². The average molecular weight is 300 g/mol. The van der Waals surface area contributed by atoms with Crippen molar-refractivity contribution < 1.29 is 10.2 Å². The van der Waals surface area contributed by atoms with Crippen molar-refractivity contribution in [1.29, 1.82) is 0 Å². The van der Waals surface area contributed by atoms with E-state index in [0.717, 1.165) is 24.0 Å². The molecule has 0 aliphatic rings. The predicted octanol–water partition coefficient (Wildman–Crippen LogP) is 4.46. The highest BCUT2D eigenvalue weighted by molar-refractivity contribution is 5.67. The Balaban J connectivity index is 1.98. The molecule has 1 aromatic heterocycles. The van der Waals surface area contributed by atoms with Gasteiger partial charge in [0.25, 0.3) is 0 Å². The van der Waals surface area contributed by atoms with E-state index in [1.54, 1.807) is 24.5 Å². The van der Waals surface area contributed by atoms with E-state index in [9.17, 15) is 10.2 Å². The lowest BCUT2D eigenvalue weighted by atomic mass is 10.00. The standard InChI is InChI=1S/C18H24N2O2/c1-2-3-4-5-6-7-8-16-17(21)9-14(10-18(16)22)15-11-19-13-20-12-15/h9-13,21-22H,2-8H2,1H3. The number of aromatic hydroxyl groups is 2. The lowest BCUT2D eigenvalue weighted by molar-refractivity contribution is 0.436. The van der Waals surface area contributed by atoms with Crippen LogP contribution in [0.2, 0.25) is 0 Å². The predicted molar refractivity (Wildman–Crippen MR) is 87.9 cm³/mol. The highest BCUT2D eigenvalue weighted by Crippen LogP contribution is 2.34. The summed E-state index contributed by atoms with van der Waals surface area (Å²) in [5.41, 5.74) is 2.14. The van der Waals surface area contributed by atoms with Crippen LogP contribution in [0.1, 0.15) is 51.0 Å². The summed E-state index contributed by atoms with van der Waals surface area (Å²) in [7, 11) is 0. The van der Waals surface area contributed by atoms with Gasteiger partial charge in [0.05, 0.1) is 0 Å². The van der Waals surface area contributed by atoms with Gasteiger partial charge in [-0.15, -0.1) is 0 Å². The van der Waals surface area contributed by atoms with Gasteiger partial charge in [0.1, 0.15) is 17.8 Å². The number of rotatable bonds is 8. The number of phenolic OH excluding ortho intramolecular Hbond substituents is 2. The van der Waals surface area contributed by atoms with Gasteiger partial charge in [-0.3, -0.25) is 0 Å². The quantitative estimate of drug-likeness (QED) is 0.706. The van der Waals surface area contributed by atoms with Gasteiger partial charge >= 0.3 is 0 Å². The molecule has 0 amide bonds. The minimum atomic E-state index is 0.146. The molecule has 22 heavy (non-hydrogen) atoms. The lowest BCUT2D eigenvalue weighted by Gasteiger charge is -2.10. The molecule has 0 saturated heterocycles. The Labute approximate surface area is 131 Å². The molecule has 2 N–H and O–H groups in total. The Kier molecular flexibility index (Phi) is 6.19. The number of hydrogen-bond acceptors (Lipinski definition) is 4. The smallest absolute Gasteiger partial charge is 0.123 e. The van der Waals surface area contributed by atoms with E-state index in [0.29, 0.717) is 12.0 Å². The first-order chi connectivity index (χ1) is 10.7. The maximum Gasteiger partial charge on any atom is 0.123 e. The number of hydrogen-bond donors (Lipinski definition) is 2. The molecular weight excluding hydrogens is 276 g/mol. The zero-order valence-electron chi connectivity index (χ0n) is 13.1. The third-order valence-electron chi connectivity index (χ3n) is 3.88. The molecule has 118 valence electrons. The van der Waals surface area contributed by atoms with Crippen LogP contribution in [0.15, 0.2) is 30.9 Å². The van der Waals surface area contributed by atoms with Crippen LogP contribution in [0.25, 0.3) is 11.1 Å². The summed E-state index contributed by atoms with van der Waals surface area (Å²) >= 11 is 0. The highest BCUT2D eigenvalue weighted by atomic mass is 16.3. The summed E-state index contributed by atoms with van der Waals surface area (Å²) in [5, 5.41) is 20.3. The van der Waals surface area contributed by atoms with Crippen LogP contribution < -0.4 is 0 Å².